The summed E-state index contributed by atoms with van der Waals surface area (Å²) in [7, 11) is 1.06. The van der Waals surface area contributed by atoms with E-state index in [1.807, 2.05) is 0 Å². The highest BCUT2D eigenvalue weighted by atomic mass is 127. The number of nitrogens with two attached hydrogens (primary N) is 1. The normalized spacial score (nSPS) is 17.0. The second-order valence-electron chi connectivity index (χ2n) is 9.98. The quantitative estimate of drug-likeness (QED) is 0.176. The Bertz CT molecular complexity index is 607. The van der Waals surface area contributed by atoms with Gasteiger partial charge in [-0.2, -0.15) is 0 Å². The predicted molar refractivity (Wildman–Crippen MR) is 144 cm³/mol. The van der Waals surface area contributed by atoms with Gasteiger partial charge in [-0.05, 0) is 47.5 Å². The van der Waals surface area contributed by atoms with Crippen molar-refractivity contribution in [1.82, 2.24) is 9.80 Å². The topological polar surface area (TPSA) is 41.7 Å². The number of nitrogens with zero attached hydrogens (tertiary/aromatic N) is 2. The smallest absolute Gasteiger partial charge is 0.225 e. The van der Waals surface area contributed by atoms with E-state index < -0.39 is 0 Å². The van der Waals surface area contributed by atoms with Gasteiger partial charge in [-0.1, -0.05) is 39.8 Å². The highest BCUT2D eigenvalue weighted by molar-refractivity contribution is 14.1. The first-order chi connectivity index (χ1) is 14.3. The number of hydrogen-bond acceptors (Lipinski definition) is 4. The van der Waals surface area contributed by atoms with Gasteiger partial charge >= 0.3 is 0 Å². The molecular weight excluding hydrogens is 503 g/mol. The van der Waals surface area contributed by atoms with Gasteiger partial charge in [0.05, 0.1) is 6.61 Å². The zero-order valence-electron chi connectivity index (χ0n) is 19.6. The summed E-state index contributed by atoms with van der Waals surface area (Å²) in [5, 5.41) is 0. The van der Waals surface area contributed by atoms with Gasteiger partial charge in [-0.3, -0.25) is 4.90 Å². The molecule has 0 amide bonds. The van der Waals surface area contributed by atoms with E-state index in [0.29, 0.717) is 5.41 Å². The lowest BCUT2D eigenvalue weighted by molar-refractivity contribution is 0.128. The van der Waals surface area contributed by atoms with Crippen molar-refractivity contribution in [1.29, 1.82) is 0 Å². The SMILES string of the molecule is CC(C)(CPBI)CC(C)(C)c1ccc(OCCCN2CCN(CCN)CC2)cc1. The highest BCUT2D eigenvalue weighted by Gasteiger charge is 2.29. The van der Waals surface area contributed by atoms with Crippen LogP contribution in [0.5, 0.6) is 5.75 Å². The molecule has 1 aliphatic rings. The van der Waals surface area contributed by atoms with E-state index >= 15 is 0 Å². The van der Waals surface area contributed by atoms with Crippen molar-refractivity contribution in [2.45, 2.75) is 46.0 Å². The Labute approximate surface area is 200 Å². The molecule has 0 bridgehead atoms. The molecule has 1 heterocycles. The number of piperazine rings is 1. The maximum absolute atomic E-state index is 6.03. The van der Waals surface area contributed by atoms with E-state index in [1.165, 1.54) is 23.0 Å². The van der Waals surface area contributed by atoms with E-state index in [9.17, 15) is 0 Å². The number of halogens is 1. The monoisotopic (exact) mass is 545 g/mol. The van der Waals surface area contributed by atoms with Crippen molar-refractivity contribution in [2.24, 2.45) is 11.1 Å². The minimum atomic E-state index is 0.184. The molecule has 1 aromatic carbocycles. The molecule has 2 rings (SSSR count). The molecule has 1 aromatic rings. The number of rotatable bonds is 13. The first-order valence-electron chi connectivity index (χ1n) is 11.4. The highest BCUT2D eigenvalue weighted by Crippen LogP contribution is 2.40. The van der Waals surface area contributed by atoms with E-state index in [4.69, 9.17) is 10.5 Å². The largest absolute Gasteiger partial charge is 0.494 e. The molecule has 4 nitrogen and oxygen atoms in total. The minimum Gasteiger partial charge on any atom is -0.494 e. The molecule has 1 aliphatic heterocycles. The molecule has 1 atom stereocenters. The molecule has 30 heavy (non-hydrogen) atoms. The Morgan fingerprint density at radius 1 is 1.03 bits per heavy atom. The van der Waals surface area contributed by atoms with E-state index in [1.54, 1.807) is 0 Å². The fourth-order valence-corrected chi connectivity index (χ4v) is 6.35. The third-order valence-electron chi connectivity index (χ3n) is 6.05. The average Bonchev–Trinajstić information content (AvgIpc) is 2.71. The van der Waals surface area contributed by atoms with Crippen molar-refractivity contribution in [3.8, 4) is 5.75 Å². The summed E-state index contributed by atoms with van der Waals surface area (Å²) in [6.07, 6.45) is 3.61. The van der Waals surface area contributed by atoms with Crippen molar-refractivity contribution in [2.75, 3.05) is 58.6 Å². The van der Waals surface area contributed by atoms with E-state index in [-0.39, 0.29) is 5.41 Å². The van der Waals surface area contributed by atoms with Crippen LogP contribution in [0.2, 0.25) is 0 Å². The minimum absolute atomic E-state index is 0.184. The summed E-state index contributed by atoms with van der Waals surface area (Å²) in [6.45, 7) is 17.9. The molecule has 1 saturated heterocycles. The molecule has 170 valence electrons. The van der Waals surface area contributed by atoms with Crippen molar-refractivity contribution in [3.63, 3.8) is 0 Å². The third kappa shape index (κ3) is 9.32. The molecule has 2 N–H and O–H groups in total. The molecular formula is C23H42BIN3OP. The first-order valence-corrected chi connectivity index (χ1v) is 14.3. The average molecular weight is 545 g/mol. The Morgan fingerprint density at radius 2 is 1.63 bits per heavy atom. The van der Waals surface area contributed by atoms with Crippen molar-refractivity contribution in [3.05, 3.63) is 29.8 Å². The second kappa shape index (κ2) is 13.0. The molecule has 1 fully saturated rings. The maximum atomic E-state index is 6.03. The molecule has 0 spiro atoms. The lowest BCUT2D eigenvalue weighted by Gasteiger charge is -2.35. The van der Waals surface area contributed by atoms with Crippen molar-refractivity contribution >= 4 is 35.7 Å². The van der Waals surface area contributed by atoms with Gasteiger partial charge in [0.15, 0.2) is 0 Å². The van der Waals surface area contributed by atoms with Crippen LogP contribution in [-0.2, 0) is 5.41 Å². The number of hydrogen-bond donors (Lipinski definition) is 1. The van der Waals surface area contributed by atoms with Crippen LogP contribution in [0.3, 0.4) is 0 Å². The lowest BCUT2D eigenvalue weighted by atomic mass is 9.72. The zero-order valence-corrected chi connectivity index (χ0v) is 22.7. The Morgan fingerprint density at radius 3 is 2.20 bits per heavy atom. The van der Waals surface area contributed by atoms with Crippen LogP contribution in [0.15, 0.2) is 24.3 Å². The molecule has 7 heteroatoms. The maximum Gasteiger partial charge on any atom is 0.225 e. The fraction of sp³-hybridized carbons (Fsp3) is 0.739. The molecule has 1 unspecified atom stereocenters. The van der Waals surface area contributed by atoms with Crippen LogP contribution >= 0.6 is 30.8 Å². The summed E-state index contributed by atoms with van der Waals surface area (Å²) < 4.78 is 6.03. The van der Waals surface area contributed by atoms with E-state index in [0.717, 1.165) is 73.0 Å². The van der Waals surface area contributed by atoms with Crippen molar-refractivity contribution < 1.29 is 4.74 Å². The van der Waals surface area contributed by atoms with Gasteiger partial charge in [0.25, 0.3) is 0 Å². The Hall–Kier alpha value is 0.125. The van der Waals surface area contributed by atoms with Gasteiger partial charge < -0.3 is 15.4 Å². The summed E-state index contributed by atoms with van der Waals surface area (Å²) in [4.78, 5) is 6.28. The van der Waals surface area contributed by atoms with Crippen LogP contribution in [0, 0.1) is 5.41 Å². The summed E-state index contributed by atoms with van der Waals surface area (Å²) in [6, 6.07) is 8.84. The van der Waals surface area contributed by atoms with Gasteiger partial charge in [0.1, 0.15) is 5.75 Å². The Balaban J connectivity index is 1.72. The number of ether oxygens (including phenoxy) is 1. The Kier molecular flexibility index (Phi) is 11.4. The fourth-order valence-electron chi connectivity index (χ4n) is 4.65. The molecule has 0 saturated carbocycles. The summed E-state index contributed by atoms with van der Waals surface area (Å²) in [5.74, 6) is 0.993. The predicted octanol–water partition coefficient (Wildman–Crippen LogP) is 4.11. The molecule has 0 aliphatic carbocycles. The lowest BCUT2D eigenvalue weighted by Crippen LogP contribution is -2.48. The van der Waals surface area contributed by atoms with Crippen LogP contribution in [0.1, 0.15) is 46.1 Å². The van der Waals surface area contributed by atoms with Gasteiger partial charge in [0.2, 0.25) is 4.86 Å². The standard InChI is InChI=1S/C23H42BIN3OP/c1-22(2,19-30-24-25)18-23(3,4)20-6-8-21(9-7-20)29-17-5-11-27-13-15-28(12-10-26)16-14-27/h6-9,24,30H,5,10-19,26H2,1-4H3. The van der Waals surface area contributed by atoms with E-state index in [2.05, 4.69) is 84.1 Å². The van der Waals surface area contributed by atoms with Crippen LogP contribution < -0.4 is 10.5 Å². The summed E-state index contributed by atoms with van der Waals surface area (Å²) in [5.41, 5.74) is 7.64. The zero-order chi connectivity index (χ0) is 22.0. The van der Waals surface area contributed by atoms with Crippen LogP contribution in [0.25, 0.3) is 0 Å². The molecule has 0 radical (unpaired) electrons. The summed E-state index contributed by atoms with van der Waals surface area (Å²) >= 11 is 2.50. The number of benzene rings is 1. The van der Waals surface area contributed by atoms with Gasteiger partial charge in [0, 0.05) is 45.8 Å². The molecule has 0 aromatic heterocycles. The third-order valence-corrected chi connectivity index (χ3v) is 9.07. The van der Waals surface area contributed by atoms with Gasteiger partial charge in [-0.25, -0.2) is 0 Å². The first kappa shape index (κ1) is 26.4. The van der Waals surface area contributed by atoms with Crippen LogP contribution in [-0.4, -0.2) is 73.2 Å². The van der Waals surface area contributed by atoms with Crippen LogP contribution in [0.4, 0.5) is 0 Å². The van der Waals surface area contributed by atoms with Gasteiger partial charge in [-0.15, -0.1) is 30.8 Å². The second-order valence-corrected chi connectivity index (χ2v) is 13.4.